The zero-order valence-corrected chi connectivity index (χ0v) is 14.1. The molecule has 0 saturated heterocycles. The Morgan fingerprint density at radius 1 is 1.30 bits per heavy atom. The maximum absolute atomic E-state index is 12.0. The number of esters is 1. The van der Waals surface area contributed by atoms with Crippen LogP contribution in [0.2, 0.25) is 0 Å². The van der Waals surface area contributed by atoms with Gasteiger partial charge in [-0.15, -0.1) is 0 Å². The summed E-state index contributed by atoms with van der Waals surface area (Å²) in [6.07, 6.45) is 1.34. The maximum Gasteiger partial charge on any atom is 0.317 e. The van der Waals surface area contributed by atoms with Crippen molar-refractivity contribution in [3.8, 4) is 5.88 Å². The zero-order valence-electron chi connectivity index (χ0n) is 14.1. The smallest absolute Gasteiger partial charge is 0.317 e. The lowest BCUT2D eigenvalue weighted by Gasteiger charge is -2.15. The molecule has 1 aromatic rings. The van der Waals surface area contributed by atoms with E-state index in [1.54, 1.807) is 13.0 Å². The van der Waals surface area contributed by atoms with Crippen molar-refractivity contribution in [3.05, 3.63) is 11.8 Å². The number of ether oxygens (including phenoxy) is 3. The number of hydrogen-bond donors (Lipinski definition) is 1. The zero-order chi connectivity index (χ0) is 17.1. The van der Waals surface area contributed by atoms with E-state index in [9.17, 15) is 4.79 Å². The fourth-order valence-electron chi connectivity index (χ4n) is 2.04. The van der Waals surface area contributed by atoms with E-state index in [4.69, 9.17) is 23.8 Å². The highest BCUT2D eigenvalue weighted by molar-refractivity contribution is 5.77. The summed E-state index contributed by atoms with van der Waals surface area (Å²) < 4.78 is 21.1. The topological polar surface area (TPSA) is 91.0 Å². The van der Waals surface area contributed by atoms with Crippen molar-refractivity contribution in [1.29, 1.82) is 0 Å². The molecule has 1 N–H and O–H groups in total. The molecular formula is C16H27NO6. The Labute approximate surface area is 136 Å². The van der Waals surface area contributed by atoms with Crippen LogP contribution in [0, 0.1) is 5.92 Å². The lowest BCUT2D eigenvalue weighted by Crippen LogP contribution is -2.20. The summed E-state index contributed by atoms with van der Waals surface area (Å²) in [6, 6.07) is 1.63. The Bertz CT molecular complexity index is 446. The van der Waals surface area contributed by atoms with Gasteiger partial charge in [0.25, 0.3) is 5.88 Å². The van der Waals surface area contributed by atoms with Gasteiger partial charge in [0.2, 0.25) is 0 Å². The first kappa shape index (κ1) is 19.4. The molecule has 1 unspecified atom stereocenters. The molecule has 132 valence electrons. The van der Waals surface area contributed by atoms with Crippen LogP contribution < -0.4 is 4.74 Å². The molecule has 1 aromatic heterocycles. The molecule has 1 rings (SSSR count). The molecular weight excluding hydrogens is 302 g/mol. The van der Waals surface area contributed by atoms with E-state index < -0.39 is 5.92 Å². The van der Waals surface area contributed by atoms with Crippen LogP contribution in [0.1, 0.15) is 45.3 Å². The number of aromatic nitrogens is 1. The molecule has 7 nitrogen and oxygen atoms in total. The molecule has 0 aliphatic heterocycles. The molecule has 0 aromatic carbocycles. The standard InChI is InChI=1S/C16H27NO6/c1-4-21-16(19)15(12(2)3)13-11-14(17-23-13)22-10-6-9-20-8-5-7-18/h11-12,15,18H,4-10H2,1-3H3. The van der Waals surface area contributed by atoms with Crippen LogP contribution in [0.15, 0.2) is 10.6 Å². The second-order valence-corrected chi connectivity index (χ2v) is 5.43. The predicted molar refractivity (Wildman–Crippen MR) is 83.3 cm³/mol. The first-order chi connectivity index (χ1) is 11.1. The Morgan fingerprint density at radius 2 is 2.04 bits per heavy atom. The molecule has 7 heteroatoms. The number of carbonyl (C=O) groups excluding carboxylic acids is 1. The van der Waals surface area contributed by atoms with Gasteiger partial charge in [-0.05, 0) is 24.4 Å². The summed E-state index contributed by atoms with van der Waals surface area (Å²) in [4.78, 5) is 12.0. The third-order valence-electron chi connectivity index (χ3n) is 3.15. The minimum atomic E-state index is -0.485. The Morgan fingerprint density at radius 3 is 2.70 bits per heavy atom. The summed E-state index contributed by atoms with van der Waals surface area (Å²) in [7, 11) is 0. The molecule has 23 heavy (non-hydrogen) atoms. The normalized spacial score (nSPS) is 12.4. The number of carbonyl (C=O) groups is 1. The van der Waals surface area contributed by atoms with E-state index in [1.807, 2.05) is 13.8 Å². The number of hydrogen-bond acceptors (Lipinski definition) is 7. The summed E-state index contributed by atoms with van der Waals surface area (Å²) in [5.74, 6) is 0.0387. The largest absolute Gasteiger partial charge is 0.475 e. The van der Waals surface area contributed by atoms with Gasteiger partial charge in [-0.25, -0.2) is 0 Å². The molecule has 0 aliphatic rings. The second-order valence-electron chi connectivity index (χ2n) is 5.43. The predicted octanol–water partition coefficient (Wildman–Crippen LogP) is 2.15. The molecule has 0 fully saturated rings. The third kappa shape index (κ3) is 7.00. The number of aliphatic hydroxyl groups is 1. The van der Waals surface area contributed by atoms with Gasteiger partial charge >= 0.3 is 5.97 Å². The van der Waals surface area contributed by atoms with E-state index in [0.717, 1.165) is 0 Å². The van der Waals surface area contributed by atoms with E-state index in [-0.39, 0.29) is 18.5 Å². The Hall–Kier alpha value is -1.60. The molecule has 1 heterocycles. The average molecular weight is 329 g/mol. The monoisotopic (exact) mass is 329 g/mol. The van der Waals surface area contributed by atoms with Gasteiger partial charge in [-0.3, -0.25) is 4.79 Å². The Balaban J connectivity index is 2.41. The fraction of sp³-hybridized carbons (Fsp3) is 0.750. The van der Waals surface area contributed by atoms with Crippen LogP contribution in [0.5, 0.6) is 5.88 Å². The highest BCUT2D eigenvalue weighted by Crippen LogP contribution is 2.28. The van der Waals surface area contributed by atoms with E-state index in [0.29, 0.717) is 50.9 Å². The van der Waals surface area contributed by atoms with Gasteiger partial charge in [0.05, 0.1) is 13.2 Å². The van der Waals surface area contributed by atoms with Gasteiger partial charge < -0.3 is 23.8 Å². The number of aliphatic hydroxyl groups excluding tert-OH is 1. The maximum atomic E-state index is 12.0. The highest BCUT2D eigenvalue weighted by atomic mass is 16.5. The van der Waals surface area contributed by atoms with Crippen LogP contribution in [0.4, 0.5) is 0 Å². The summed E-state index contributed by atoms with van der Waals surface area (Å²) in [5.41, 5.74) is 0. The molecule has 0 radical (unpaired) electrons. The van der Waals surface area contributed by atoms with Crippen molar-refractivity contribution in [1.82, 2.24) is 5.16 Å². The van der Waals surface area contributed by atoms with Gasteiger partial charge in [0, 0.05) is 32.3 Å². The Kier molecular flexibility index (Phi) is 9.31. The van der Waals surface area contributed by atoms with Gasteiger partial charge in [0.1, 0.15) is 5.92 Å². The van der Waals surface area contributed by atoms with Gasteiger partial charge in [0.15, 0.2) is 5.76 Å². The van der Waals surface area contributed by atoms with Gasteiger partial charge in [-0.1, -0.05) is 13.8 Å². The van der Waals surface area contributed by atoms with Crippen LogP contribution >= 0.6 is 0 Å². The van der Waals surface area contributed by atoms with Crippen molar-refractivity contribution in [2.45, 2.75) is 39.5 Å². The second kappa shape index (κ2) is 11.0. The minimum absolute atomic E-state index is 0.0368. The third-order valence-corrected chi connectivity index (χ3v) is 3.15. The minimum Gasteiger partial charge on any atom is -0.475 e. The van der Waals surface area contributed by atoms with Crippen LogP contribution in [-0.4, -0.2) is 49.3 Å². The number of nitrogens with zero attached hydrogens (tertiary/aromatic N) is 1. The SMILES string of the molecule is CCOC(=O)C(c1cc(OCCCOCCCO)no1)C(C)C. The first-order valence-electron chi connectivity index (χ1n) is 8.04. The van der Waals surface area contributed by atoms with E-state index in [2.05, 4.69) is 5.16 Å². The van der Waals surface area contributed by atoms with Crippen molar-refractivity contribution in [2.75, 3.05) is 33.0 Å². The van der Waals surface area contributed by atoms with E-state index >= 15 is 0 Å². The first-order valence-corrected chi connectivity index (χ1v) is 8.04. The van der Waals surface area contributed by atoms with Crippen LogP contribution in [0.3, 0.4) is 0 Å². The lowest BCUT2D eigenvalue weighted by molar-refractivity contribution is -0.146. The fourth-order valence-corrected chi connectivity index (χ4v) is 2.04. The highest BCUT2D eigenvalue weighted by Gasteiger charge is 2.29. The molecule has 0 spiro atoms. The van der Waals surface area contributed by atoms with Crippen molar-refractivity contribution < 1.29 is 28.6 Å². The van der Waals surface area contributed by atoms with Crippen LogP contribution in [-0.2, 0) is 14.3 Å². The molecule has 0 saturated carbocycles. The lowest BCUT2D eigenvalue weighted by atomic mass is 9.93. The van der Waals surface area contributed by atoms with Crippen molar-refractivity contribution in [2.24, 2.45) is 5.92 Å². The molecule has 0 bridgehead atoms. The molecule has 0 amide bonds. The number of rotatable bonds is 12. The summed E-state index contributed by atoms with van der Waals surface area (Å²) >= 11 is 0. The van der Waals surface area contributed by atoms with Crippen molar-refractivity contribution in [3.63, 3.8) is 0 Å². The van der Waals surface area contributed by atoms with Crippen molar-refractivity contribution >= 4 is 5.97 Å². The quantitative estimate of drug-likeness (QED) is 0.464. The van der Waals surface area contributed by atoms with Crippen LogP contribution in [0.25, 0.3) is 0 Å². The summed E-state index contributed by atoms with van der Waals surface area (Å²) in [6.45, 7) is 7.63. The molecule has 0 aliphatic carbocycles. The average Bonchev–Trinajstić information content (AvgIpc) is 2.94. The molecule has 1 atom stereocenters. The van der Waals surface area contributed by atoms with E-state index in [1.165, 1.54) is 0 Å². The summed E-state index contributed by atoms with van der Waals surface area (Å²) in [5, 5.41) is 12.5. The van der Waals surface area contributed by atoms with Gasteiger partial charge in [-0.2, -0.15) is 0 Å².